The Labute approximate surface area is 116 Å². The molecule has 0 radical (unpaired) electrons. The lowest BCUT2D eigenvalue weighted by Crippen LogP contribution is -2.06. The minimum absolute atomic E-state index is 0.289. The third kappa shape index (κ3) is 3.92. The predicted molar refractivity (Wildman–Crippen MR) is 75.4 cm³/mol. The maximum Gasteiger partial charge on any atom is 0.189 e. The van der Waals surface area contributed by atoms with E-state index in [4.69, 9.17) is 0 Å². The normalized spacial score (nSPS) is 10.9. The minimum atomic E-state index is 0.289. The highest BCUT2D eigenvalue weighted by molar-refractivity contribution is 7.99. The van der Waals surface area contributed by atoms with E-state index in [1.165, 1.54) is 18.1 Å². The standard InChI is InChI=1S/C12H18N6S/c1-4-5-13-9-6-10(17-11(16-9)8(2)3)19-12-14-7-15-18-12/h6-8H,4-5H2,1-3H3,(H,13,16,17)(H,14,15,18). The van der Waals surface area contributed by atoms with E-state index in [-0.39, 0.29) is 5.92 Å². The summed E-state index contributed by atoms with van der Waals surface area (Å²) in [4.78, 5) is 13.2. The highest BCUT2D eigenvalue weighted by Gasteiger charge is 2.10. The molecular weight excluding hydrogens is 260 g/mol. The zero-order chi connectivity index (χ0) is 13.7. The number of hydrogen-bond acceptors (Lipinski definition) is 6. The smallest absolute Gasteiger partial charge is 0.189 e. The van der Waals surface area contributed by atoms with Gasteiger partial charge in [-0.3, -0.25) is 5.10 Å². The zero-order valence-electron chi connectivity index (χ0n) is 11.3. The first kappa shape index (κ1) is 13.8. The number of nitrogens with one attached hydrogen (secondary N) is 2. The summed E-state index contributed by atoms with van der Waals surface area (Å²) >= 11 is 1.45. The van der Waals surface area contributed by atoms with Gasteiger partial charge in [-0.25, -0.2) is 15.0 Å². The van der Waals surface area contributed by atoms with Crippen molar-refractivity contribution in [1.29, 1.82) is 0 Å². The number of rotatable bonds is 6. The Balaban J connectivity index is 2.23. The van der Waals surface area contributed by atoms with Crippen LogP contribution in [0.15, 0.2) is 22.6 Å². The Morgan fingerprint density at radius 3 is 2.84 bits per heavy atom. The summed E-state index contributed by atoms with van der Waals surface area (Å²) in [5, 5.41) is 11.5. The van der Waals surface area contributed by atoms with Crippen molar-refractivity contribution in [1.82, 2.24) is 25.1 Å². The molecule has 2 aromatic rings. The molecule has 6 nitrogen and oxygen atoms in total. The van der Waals surface area contributed by atoms with Crippen molar-refractivity contribution in [2.75, 3.05) is 11.9 Å². The molecule has 0 unspecified atom stereocenters. The second kappa shape index (κ2) is 6.51. The Hall–Kier alpha value is -1.63. The quantitative estimate of drug-likeness (QED) is 0.791. The van der Waals surface area contributed by atoms with Gasteiger partial charge in [0.1, 0.15) is 23.0 Å². The lowest BCUT2D eigenvalue weighted by molar-refractivity contribution is 0.752. The summed E-state index contributed by atoms with van der Waals surface area (Å²) in [6.07, 6.45) is 2.55. The van der Waals surface area contributed by atoms with Gasteiger partial charge in [-0.1, -0.05) is 20.8 Å². The molecule has 0 fully saturated rings. The molecule has 0 aliphatic rings. The largest absolute Gasteiger partial charge is 0.370 e. The average Bonchev–Trinajstić information content (AvgIpc) is 2.89. The van der Waals surface area contributed by atoms with Gasteiger partial charge >= 0.3 is 0 Å². The van der Waals surface area contributed by atoms with Crippen LogP contribution in [0.1, 0.15) is 38.9 Å². The molecule has 19 heavy (non-hydrogen) atoms. The van der Waals surface area contributed by atoms with Crippen molar-refractivity contribution in [2.24, 2.45) is 0 Å². The van der Waals surface area contributed by atoms with Gasteiger partial charge in [0, 0.05) is 18.5 Å². The lowest BCUT2D eigenvalue weighted by atomic mass is 10.2. The van der Waals surface area contributed by atoms with Gasteiger partial charge in [0.15, 0.2) is 5.16 Å². The molecule has 0 spiro atoms. The molecule has 2 rings (SSSR count). The summed E-state index contributed by atoms with van der Waals surface area (Å²) in [6, 6.07) is 1.94. The van der Waals surface area contributed by atoms with Crippen molar-refractivity contribution < 1.29 is 0 Å². The second-order valence-electron chi connectivity index (χ2n) is 4.42. The van der Waals surface area contributed by atoms with Crippen LogP contribution >= 0.6 is 11.8 Å². The average molecular weight is 278 g/mol. The van der Waals surface area contributed by atoms with Gasteiger partial charge in [-0.05, 0) is 18.2 Å². The molecule has 0 saturated carbocycles. The number of H-pyrrole nitrogens is 1. The zero-order valence-corrected chi connectivity index (χ0v) is 12.2. The molecule has 7 heteroatoms. The van der Waals surface area contributed by atoms with Crippen LogP contribution in [0.2, 0.25) is 0 Å². The molecule has 2 heterocycles. The van der Waals surface area contributed by atoms with Gasteiger partial charge in [-0.15, -0.1) is 0 Å². The number of nitrogens with zero attached hydrogens (tertiary/aromatic N) is 4. The molecule has 0 amide bonds. The topological polar surface area (TPSA) is 79.4 Å². The Morgan fingerprint density at radius 1 is 1.37 bits per heavy atom. The first-order chi connectivity index (χ1) is 9.19. The Kier molecular flexibility index (Phi) is 4.73. The molecule has 0 aliphatic carbocycles. The molecule has 0 atom stereocenters. The third-order valence-corrected chi connectivity index (χ3v) is 3.19. The lowest BCUT2D eigenvalue weighted by Gasteiger charge is -2.10. The monoisotopic (exact) mass is 278 g/mol. The third-order valence-electron chi connectivity index (χ3n) is 2.39. The highest BCUT2D eigenvalue weighted by Crippen LogP contribution is 2.25. The van der Waals surface area contributed by atoms with Gasteiger partial charge in [0.25, 0.3) is 0 Å². The van der Waals surface area contributed by atoms with Gasteiger partial charge < -0.3 is 5.32 Å². The number of hydrogen-bond donors (Lipinski definition) is 2. The Bertz CT molecular complexity index is 511. The van der Waals surface area contributed by atoms with Crippen molar-refractivity contribution in [3.8, 4) is 0 Å². The summed E-state index contributed by atoms with van der Waals surface area (Å²) < 4.78 is 0. The molecule has 2 aromatic heterocycles. The summed E-state index contributed by atoms with van der Waals surface area (Å²) in [6.45, 7) is 7.20. The van der Waals surface area contributed by atoms with Crippen molar-refractivity contribution in [2.45, 2.75) is 43.3 Å². The summed E-state index contributed by atoms with van der Waals surface area (Å²) in [5.74, 6) is 1.99. The van der Waals surface area contributed by atoms with Crippen LogP contribution in [0.3, 0.4) is 0 Å². The minimum Gasteiger partial charge on any atom is -0.370 e. The summed E-state index contributed by atoms with van der Waals surface area (Å²) in [5.41, 5.74) is 0. The van der Waals surface area contributed by atoms with Crippen LogP contribution in [0.25, 0.3) is 0 Å². The molecule has 2 N–H and O–H groups in total. The molecule has 0 aromatic carbocycles. The molecule has 0 saturated heterocycles. The SMILES string of the molecule is CCCNc1cc(Sc2ncn[nH]2)nc(C(C)C)n1. The maximum atomic E-state index is 4.54. The first-order valence-electron chi connectivity index (χ1n) is 6.35. The fourth-order valence-electron chi connectivity index (χ4n) is 1.44. The van der Waals surface area contributed by atoms with E-state index in [2.05, 4.69) is 51.2 Å². The fraction of sp³-hybridized carbons (Fsp3) is 0.500. The van der Waals surface area contributed by atoms with Crippen LogP contribution in [0.5, 0.6) is 0 Å². The van der Waals surface area contributed by atoms with Gasteiger partial charge in [0.2, 0.25) is 0 Å². The highest BCUT2D eigenvalue weighted by atomic mass is 32.2. The maximum absolute atomic E-state index is 4.54. The number of anilines is 1. The van der Waals surface area contributed by atoms with E-state index in [1.54, 1.807) is 0 Å². The molecule has 0 bridgehead atoms. The van der Waals surface area contributed by atoms with Gasteiger partial charge in [0.05, 0.1) is 0 Å². The van der Waals surface area contributed by atoms with Gasteiger partial charge in [-0.2, -0.15) is 5.10 Å². The van der Waals surface area contributed by atoms with E-state index in [1.807, 2.05) is 6.07 Å². The number of aromatic amines is 1. The van der Waals surface area contributed by atoms with Crippen LogP contribution in [0, 0.1) is 0 Å². The van der Waals surface area contributed by atoms with E-state index in [0.29, 0.717) is 0 Å². The van der Waals surface area contributed by atoms with Crippen molar-refractivity contribution >= 4 is 17.6 Å². The van der Waals surface area contributed by atoms with Crippen molar-refractivity contribution in [3.63, 3.8) is 0 Å². The first-order valence-corrected chi connectivity index (χ1v) is 7.16. The van der Waals surface area contributed by atoms with Crippen LogP contribution in [0.4, 0.5) is 5.82 Å². The second-order valence-corrected chi connectivity index (χ2v) is 5.43. The predicted octanol–water partition coefficient (Wildman–Crippen LogP) is 2.69. The molecule has 102 valence electrons. The van der Waals surface area contributed by atoms with Crippen LogP contribution in [-0.2, 0) is 0 Å². The van der Waals surface area contributed by atoms with E-state index in [0.717, 1.165) is 34.8 Å². The molecular formula is C12H18N6S. The van der Waals surface area contributed by atoms with Crippen LogP contribution < -0.4 is 5.32 Å². The number of aromatic nitrogens is 5. The van der Waals surface area contributed by atoms with E-state index < -0.39 is 0 Å². The Morgan fingerprint density at radius 2 is 2.21 bits per heavy atom. The molecule has 0 aliphatic heterocycles. The van der Waals surface area contributed by atoms with E-state index >= 15 is 0 Å². The summed E-state index contributed by atoms with van der Waals surface area (Å²) in [7, 11) is 0. The van der Waals surface area contributed by atoms with Crippen molar-refractivity contribution in [3.05, 3.63) is 18.2 Å². The fourth-order valence-corrected chi connectivity index (χ4v) is 2.15. The van der Waals surface area contributed by atoms with Crippen LogP contribution in [-0.4, -0.2) is 31.7 Å². The van der Waals surface area contributed by atoms with E-state index in [9.17, 15) is 0 Å².